The maximum absolute atomic E-state index is 12.1. The minimum absolute atomic E-state index is 0.0463. The molecule has 0 saturated heterocycles. The molecule has 1 atom stereocenters. The zero-order chi connectivity index (χ0) is 17.7. The average Bonchev–Trinajstić information content (AvgIpc) is 3.10. The molecule has 1 unspecified atom stereocenters. The summed E-state index contributed by atoms with van der Waals surface area (Å²) in [5.74, 6) is -0.235. The van der Waals surface area contributed by atoms with Gasteiger partial charge in [0, 0.05) is 5.56 Å². The summed E-state index contributed by atoms with van der Waals surface area (Å²) in [7, 11) is 0. The van der Waals surface area contributed by atoms with Crippen LogP contribution < -0.4 is 5.32 Å². The standard InChI is InChI=1S/C19H20N4O2/c1-19(25,16-10-6-3-7-11-16)14-20-18(24)13-23-12-17(21-22-23)15-8-4-2-5-9-15/h2-12,25H,13-14H2,1H3,(H,20,24). The summed E-state index contributed by atoms with van der Waals surface area (Å²) < 4.78 is 1.48. The zero-order valence-electron chi connectivity index (χ0n) is 14.0. The number of hydrogen-bond donors (Lipinski definition) is 2. The lowest BCUT2D eigenvalue weighted by Crippen LogP contribution is -2.40. The van der Waals surface area contributed by atoms with E-state index >= 15 is 0 Å². The van der Waals surface area contributed by atoms with E-state index in [4.69, 9.17) is 0 Å². The molecule has 2 aromatic carbocycles. The van der Waals surface area contributed by atoms with Crippen molar-refractivity contribution in [3.05, 3.63) is 72.4 Å². The highest BCUT2D eigenvalue weighted by Gasteiger charge is 2.23. The van der Waals surface area contributed by atoms with Crippen molar-refractivity contribution in [3.8, 4) is 11.3 Å². The molecule has 128 valence electrons. The van der Waals surface area contributed by atoms with E-state index in [0.717, 1.165) is 11.1 Å². The third-order valence-electron chi connectivity index (χ3n) is 3.94. The predicted octanol–water partition coefficient (Wildman–Crippen LogP) is 1.97. The Labute approximate surface area is 146 Å². The summed E-state index contributed by atoms with van der Waals surface area (Å²) in [5, 5.41) is 21.3. The summed E-state index contributed by atoms with van der Waals surface area (Å²) in [6, 6.07) is 18.9. The highest BCUT2D eigenvalue weighted by atomic mass is 16.3. The lowest BCUT2D eigenvalue weighted by Gasteiger charge is -2.24. The summed E-state index contributed by atoms with van der Waals surface area (Å²) in [6.45, 7) is 1.84. The number of aromatic nitrogens is 3. The molecule has 25 heavy (non-hydrogen) atoms. The molecule has 1 amide bonds. The van der Waals surface area contributed by atoms with Crippen LogP contribution in [-0.4, -0.2) is 32.6 Å². The van der Waals surface area contributed by atoms with Gasteiger partial charge in [-0.3, -0.25) is 4.79 Å². The Bertz CT molecular complexity index is 829. The highest BCUT2D eigenvalue weighted by molar-refractivity contribution is 5.75. The van der Waals surface area contributed by atoms with Crippen LogP contribution in [0.1, 0.15) is 12.5 Å². The van der Waals surface area contributed by atoms with E-state index in [1.165, 1.54) is 4.68 Å². The second-order valence-corrected chi connectivity index (χ2v) is 6.08. The molecule has 1 heterocycles. The third kappa shape index (κ3) is 4.30. The van der Waals surface area contributed by atoms with Crippen molar-refractivity contribution in [1.82, 2.24) is 20.3 Å². The summed E-state index contributed by atoms with van der Waals surface area (Å²) in [5.41, 5.74) is 1.28. The molecule has 0 bridgehead atoms. The number of benzene rings is 2. The fraction of sp³-hybridized carbons (Fsp3) is 0.211. The number of nitrogens with one attached hydrogen (secondary N) is 1. The molecule has 0 spiro atoms. The minimum atomic E-state index is -1.13. The number of aliphatic hydroxyl groups is 1. The quantitative estimate of drug-likeness (QED) is 0.721. The van der Waals surface area contributed by atoms with Crippen LogP contribution in [0, 0.1) is 0 Å². The first-order valence-corrected chi connectivity index (χ1v) is 8.05. The third-order valence-corrected chi connectivity index (χ3v) is 3.94. The van der Waals surface area contributed by atoms with Gasteiger partial charge in [-0.25, -0.2) is 4.68 Å². The maximum atomic E-state index is 12.1. The normalized spacial score (nSPS) is 13.2. The van der Waals surface area contributed by atoms with E-state index in [9.17, 15) is 9.90 Å². The Kier molecular flexibility index (Phi) is 4.90. The second kappa shape index (κ2) is 7.27. The van der Waals surface area contributed by atoms with Crippen LogP contribution in [0.25, 0.3) is 11.3 Å². The molecular weight excluding hydrogens is 316 g/mol. The van der Waals surface area contributed by atoms with E-state index in [1.807, 2.05) is 60.7 Å². The smallest absolute Gasteiger partial charge is 0.241 e. The Hall–Kier alpha value is -2.99. The number of amides is 1. The lowest BCUT2D eigenvalue weighted by atomic mass is 9.96. The Morgan fingerprint density at radius 2 is 1.76 bits per heavy atom. The summed E-state index contributed by atoms with van der Waals surface area (Å²) in [4.78, 5) is 12.1. The SMILES string of the molecule is CC(O)(CNC(=O)Cn1cc(-c2ccccc2)nn1)c1ccccc1. The van der Waals surface area contributed by atoms with Crippen LogP contribution >= 0.6 is 0 Å². The molecule has 3 rings (SSSR count). The van der Waals surface area contributed by atoms with Crippen LogP contribution in [0.3, 0.4) is 0 Å². The van der Waals surface area contributed by atoms with Gasteiger partial charge in [0.05, 0.1) is 12.7 Å². The molecule has 2 N–H and O–H groups in total. The molecular formula is C19H20N4O2. The topological polar surface area (TPSA) is 80.0 Å². The van der Waals surface area contributed by atoms with Gasteiger partial charge in [0.25, 0.3) is 0 Å². The summed E-state index contributed by atoms with van der Waals surface area (Å²) >= 11 is 0. The van der Waals surface area contributed by atoms with Crippen molar-refractivity contribution in [2.75, 3.05) is 6.54 Å². The first kappa shape index (κ1) is 16.9. The van der Waals surface area contributed by atoms with Crippen LogP contribution in [0.15, 0.2) is 66.9 Å². The van der Waals surface area contributed by atoms with Gasteiger partial charge >= 0.3 is 0 Å². The van der Waals surface area contributed by atoms with Crippen molar-refractivity contribution < 1.29 is 9.90 Å². The van der Waals surface area contributed by atoms with Crippen molar-refractivity contribution >= 4 is 5.91 Å². The van der Waals surface area contributed by atoms with E-state index in [2.05, 4.69) is 15.6 Å². The van der Waals surface area contributed by atoms with Gasteiger partial charge in [-0.15, -0.1) is 5.10 Å². The fourth-order valence-electron chi connectivity index (χ4n) is 2.49. The maximum Gasteiger partial charge on any atom is 0.241 e. The molecule has 1 aromatic heterocycles. The number of rotatable bonds is 6. The number of carbonyl (C=O) groups excluding carboxylic acids is 1. The Balaban J connectivity index is 1.57. The van der Waals surface area contributed by atoms with Gasteiger partial charge < -0.3 is 10.4 Å². The van der Waals surface area contributed by atoms with Crippen LogP contribution in [0.5, 0.6) is 0 Å². The molecule has 0 aliphatic heterocycles. The molecule has 6 nitrogen and oxygen atoms in total. The molecule has 3 aromatic rings. The fourth-order valence-corrected chi connectivity index (χ4v) is 2.49. The molecule has 0 aliphatic rings. The molecule has 0 saturated carbocycles. The van der Waals surface area contributed by atoms with E-state index in [1.54, 1.807) is 13.1 Å². The first-order chi connectivity index (χ1) is 12.0. The molecule has 6 heteroatoms. The minimum Gasteiger partial charge on any atom is -0.384 e. The van der Waals surface area contributed by atoms with E-state index in [0.29, 0.717) is 5.69 Å². The first-order valence-electron chi connectivity index (χ1n) is 8.05. The van der Waals surface area contributed by atoms with Crippen molar-refractivity contribution in [2.45, 2.75) is 19.1 Å². The van der Waals surface area contributed by atoms with Crippen LogP contribution in [0.2, 0.25) is 0 Å². The van der Waals surface area contributed by atoms with Gasteiger partial charge in [-0.1, -0.05) is 65.9 Å². The van der Waals surface area contributed by atoms with Gasteiger partial charge in [0.2, 0.25) is 5.91 Å². The molecule has 0 radical (unpaired) electrons. The van der Waals surface area contributed by atoms with Gasteiger partial charge in [-0.05, 0) is 12.5 Å². The van der Waals surface area contributed by atoms with Crippen LogP contribution in [-0.2, 0) is 16.9 Å². The molecule has 0 fully saturated rings. The average molecular weight is 336 g/mol. The zero-order valence-corrected chi connectivity index (χ0v) is 14.0. The largest absolute Gasteiger partial charge is 0.384 e. The predicted molar refractivity (Wildman–Crippen MR) is 94.5 cm³/mol. The number of nitrogens with zero attached hydrogens (tertiary/aromatic N) is 3. The Morgan fingerprint density at radius 1 is 1.12 bits per heavy atom. The summed E-state index contributed by atoms with van der Waals surface area (Å²) in [6.07, 6.45) is 1.73. The van der Waals surface area contributed by atoms with Crippen LogP contribution in [0.4, 0.5) is 0 Å². The number of hydrogen-bond acceptors (Lipinski definition) is 4. The monoisotopic (exact) mass is 336 g/mol. The highest BCUT2D eigenvalue weighted by Crippen LogP contribution is 2.19. The van der Waals surface area contributed by atoms with E-state index < -0.39 is 5.60 Å². The van der Waals surface area contributed by atoms with Crippen molar-refractivity contribution in [3.63, 3.8) is 0 Å². The van der Waals surface area contributed by atoms with Gasteiger partial charge in [0.1, 0.15) is 17.8 Å². The van der Waals surface area contributed by atoms with Gasteiger partial charge in [-0.2, -0.15) is 0 Å². The van der Waals surface area contributed by atoms with Gasteiger partial charge in [0.15, 0.2) is 0 Å². The van der Waals surface area contributed by atoms with Crippen molar-refractivity contribution in [2.24, 2.45) is 0 Å². The Morgan fingerprint density at radius 3 is 2.44 bits per heavy atom. The molecule has 0 aliphatic carbocycles. The number of carbonyl (C=O) groups is 1. The second-order valence-electron chi connectivity index (χ2n) is 6.08. The van der Waals surface area contributed by atoms with E-state index in [-0.39, 0.29) is 19.0 Å². The van der Waals surface area contributed by atoms with Crippen molar-refractivity contribution in [1.29, 1.82) is 0 Å². The lowest BCUT2D eigenvalue weighted by molar-refractivity contribution is -0.123.